The van der Waals surface area contributed by atoms with Gasteiger partial charge in [0.15, 0.2) is 0 Å². The Morgan fingerprint density at radius 1 is 1.03 bits per heavy atom. The van der Waals surface area contributed by atoms with E-state index in [1.54, 1.807) is 23.5 Å². The number of thiophene rings is 1. The second-order valence-corrected chi connectivity index (χ2v) is 11.9. The molecule has 1 aromatic heterocycles. The number of carbonyl (C=O) groups excluding carboxylic acids is 1. The van der Waals surface area contributed by atoms with Crippen molar-refractivity contribution in [3.8, 4) is 0 Å². The number of nitrogens with one attached hydrogen (secondary N) is 2. The van der Waals surface area contributed by atoms with Crippen LogP contribution in [0.25, 0.3) is 0 Å². The molecule has 0 unspecified atom stereocenters. The summed E-state index contributed by atoms with van der Waals surface area (Å²) in [7, 11) is 0.185. The van der Waals surface area contributed by atoms with Gasteiger partial charge in [-0.05, 0) is 68.3 Å². The lowest BCUT2D eigenvalue weighted by atomic mass is 10.1. The number of sulfonamides is 1. The van der Waals surface area contributed by atoms with E-state index in [1.165, 1.54) is 15.2 Å². The number of hydrogen-bond acceptors (Lipinski definition) is 6. The minimum Gasteiger partial charge on any atom is -0.380 e. The molecule has 9 heteroatoms. The van der Waals surface area contributed by atoms with Crippen LogP contribution in [0.1, 0.15) is 33.0 Å². The van der Waals surface area contributed by atoms with E-state index in [4.69, 9.17) is 0 Å². The zero-order valence-corrected chi connectivity index (χ0v) is 21.3. The fourth-order valence-corrected chi connectivity index (χ4v) is 6.31. The first-order valence-corrected chi connectivity index (χ1v) is 13.5. The molecular formula is C25H30N4O3S2. The van der Waals surface area contributed by atoms with Gasteiger partial charge in [-0.3, -0.25) is 4.79 Å². The van der Waals surface area contributed by atoms with E-state index in [1.807, 2.05) is 56.3 Å². The quantitative estimate of drug-likeness (QED) is 0.468. The van der Waals surface area contributed by atoms with Gasteiger partial charge in [0, 0.05) is 66.1 Å². The van der Waals surface area contributed by atoms with Crippen LogP contribution in [0.15, 0.2) is 59.5 Å². The second-order valence-electron chi connectivity index (χ2n) is 8.62. The summed E-state index contributed by atoms with van der Waals surface area (Å²) in [6, 6.07) is 16.4. The minimum atomic E-state index is -3.68. The molecule has 1 fully saturated rings. The highest BCUT2D eigenvalue weighted by Gasteiger charge is 2.28. The van der Waals surface area contributed by atoms with Crippen molar-refractivity contribution in [3.63, 3.8) is 0 Å². The van der Waals surface area contributed by atoms with Crippen LogP contribution in [0.5, 0.6) is 0 Å². The Balaban J connectivity index is 1.64. The predicted molar refractivity (Wildman–Crippen MR) is 140 cm³/mol. The number of carbonyl (C=O) groups is 1. The molecule has 0 spiro atoms. The highest BCUT2D eigenvalue weighted by molar-refractivity contribution is 7.89. The van der Waals surface area contributed by atoms with Crippen LogP contribution in [-0.2, 0) is 16.6 Å². The molecule has 7 nitrogen and oxygen atoms in total. The summed E-state index contributed by atoms with van der Waals surface area (Å²) in [6.45, 7) is 3.61. The average Bonchev–Trinajstić information content (AvgIpc) is 3.50. The number of benzene rings is 2. The lowest BCUT2D eigenvalue weighted by Gasteiger charge is -2.18. The van der Waals surface area contributed by atoms with Crippen molar-refractivity contribution in [3.05, 3.63) is 69.9 Å². The van der Waals surface area contributed by atoms with Gasteiger partial charge in [-0.1, -0.05) is 6.07 Å². The summed E-state index contributed by atoms with van der Waals surface area (Å²) in [5, 5.41) is 6.21. The van der Waals surface area contributed by atoms with Crippen molar-refractivity contribution in [2.45, 2.75) is 31.2 Å². The van der Waals surface area contributed by atoms with Crippen molar-refractivity contribution in [1.82, 2.24) is 4.31 Å². The molecule has 1 saturated heterocycles. The summed E-state index contributed by atoms with van der Waals surface area (Å²) in [5.74, 6) is -0.357. The first kappa shape index (κ1) is 24.3. The molecule has 1 aliphatic rings. The molecule has 0 aliphatic carbocycles. The largest absolute Gasteiger partial charge is 0.380 e. The maximum absolute atomic E-state index is 13.3. The third-order valence-electron chi connectivity index (χ3n) is 5.75. The third kappa shape index (κ3) is 5.60. The van der Waals surface area contributed by atoms with Gasteiger partial charge in [-0.25, -0.2) is 8.42 Å². The van der Waals surface area contributed by atoms with E-state index in [0.29, 0.717) is 36.6 Å². The van der Waals surface area contributed by atoms with E-state index in [2.05, 4.69) is 16.7 Å². The summed E-state index contributed by atoms with van der Waals surface area (Å²) in [6.07, 6.45) is 1.70. The maximum Gasteiger partial charge on any atom is 0.255 e. The van der Waals surface area contributed by atoms with Crippen molar-refractivity contribution in [2.75, 3.05) is 42.7 Å². The van der Waals surface area contributed by atoms with Gasteiger partial charge < -0.3 is 15.5 Å². The van der Waals surface area contributed by atoms with E-state index in [0.717, 1.165) is 23.4 Å². The Kier molecular flexibility index (Phi) is 7.25. The molecule has 0 atom stereocenters. The molecular weight excluding hydrogens is 468 g/mol. The molecule has 180 valence electrons. The van der Waals surface area contributed by atoms with Gasteiger partial charge in [0.25, 0.3) is 5.91 Å². The SMILES string of the molecule is Cc1ccc(CNc2cc(C(=O)Nc3cccc(N(C)C)c3)cc(S(=O)(=O)N3CCCC3)c2)s1. The van der Waals surface area contributed by atoms with Crippen molar-refractivity contribution in [2.24, 2.45) is 0 Å². The molecule has 4 rings (SSSR count). The summed E-state index contributed by atoms with van der Waals surface area (Å²) < 4.78 is 28.1. The van der Waals surface area contributed by atoms with Gasteiger partial charge in [0.05, 0.1) is 4.90 Å². The third-order valence-corrected chi connectivity index (χ3v) is 8.63. The second kappa shape index (κ2) is 10.2. The normalized spacial score (nSPS) is 14.2. The molecule has 0 saturated carbocycles. The topological polar surface area (TPSA) is 81.8 Å². The Morgan fingerprint density at radius 3 is 2.47 bits per heavy atom. The van der Waals surface area contributed by atoms with Crippen LogP contribution < -0.4 is 15.5 Å². The van der Waals surface area contributed by atoms with Crippen LogP contribution in [0.4, 0.5) is 17.1 Å². The van der Waals surface area contributed by atoms with E-state index in [9.17, 15) is 13.2 Å². The first-order chi connectivity index (χ1) is 16.2. The van der Waals surface area contributed by atoms with Gasteiger partial charge in [0.1, 0.15) is 0 Å². The summed E-state index contributed by atoms with van der Waals surface area (Å²) in [5.41, 5.74) is 2.49. The van der Waals surface area contributed by atoms with E-state index < -0.39 is 10.0 Å². The van der Waals surface area contributed by atoms with Gasteiger partial charge >= 0.3 is 0 Å². The van der Waals surface area contributed by atoms with Crippen LogP contribution in [0.3, 0.4) is 0 Å². The highest BCUT2D eigenvalue weighted by Crippen LogP contribution is 2.27. The van der Waals surface area contributed by atoms with E-state index >= 15 is 0 Å². The number of nitrogens with zero attached hydrogens (tertiary/aromatic N) is 2. The standard InChI is InChI=1S/C25H30N4O3S2/c1-18-9-10-23(33-18)17-26-21-13-19(14-24(16-21)34(31,32)29-11-4-5-12-29)25(30)27-20-7-6-8-22(15-20)28(2)3/h6-10,13-16,26H,4-5,11-12,17H2,1-3H3,(H,27,30). The minimum absolute atomic E-state index is 0.133. The Hall–Kier alpha value is -2.88. The van der Waals surface area contributed by atoms with Crippen molar-refractivity contribution in [1.29, 1.82) is 0 Å². The van der Waals surface area contributed by atoms with Gasteiger partial charge in [0.2, 0.25) is 10.0 Å². The van der Waals surface area contributed by atoms with Crippen LogP contribution in [0, 0.1) is 6.92 Å². The summed E-state index contributed by atoms with van der Waals surface area (Å²) >= 11 is 1.68. The zero-order chi connectivity index (χ0) is 24.3. The Labute approximate surface area is 205 Å². The van der Waals surface area contributed by atoms with Crippen molar-refractivity contribution >= 4 is 44.3 Å². The molecule has 34 heavy (non-hydrogen) atoms. The average molecular weight is 499 g/mol. The lowest BCUT2D eigenvalue weighted by Crippen LogP contribution is -2.28. The Bertz CT molecular complexity index is 1280. The van der Waals surface area contributed by atoms with E-state index in [-0.39, 0.29) is 10.8 Å². The first-order valence-electron chi connectivity index (χ1n) is 11.3. The van der Waals surface area contributed by atoms with Crippen molar-refractivity contribution < 1.29 is 13.2 Å². The zero-order valence-electron chi connectivity index (χ0n) is 19.7. The molecule has 2 aromatic carbocycles. The molecule has 1 aliphatic heterocycles. The number of aryl methyl sites for hydroxylation is 1. The fourth-order valence-electron chi connectivity index (χ4n) is 3.89. The molecule has 3 aromatic rings. The number of amides is 1. The highest BCUT2D eigenvalue weighted by atomic mass is 32.2. The Morgan fingerprint density at radius 2 is 1.79 bits per heavy atom. The molecule has 2 heterocycles. The van der Waals surface area contributed by atoms with Crippen LogP contribution in [0.2, 0.25) is 0 Å². The molecule has 2 N–H and O–H groups in total. The number of rotatable bonds is 8. The fraction of sp³-hybridized carbons (Fsp3) is 0.320. The number of hydrogen-bond donors (Lipinski definition) is 2. The maximum atomic E-state index is 13.3. The molecule has 1 amide bonds. The predicted octanol–water partition coefficient (Wildman–Crippen LogP) is 4.77. The number of anilines is 3. The van der Waals surface area contributed by atoms with Gasteiger partial charge in [-0.15, -0.1) is 11.3 Å². The van der Waals surface area contributed by atoms with Crippen LogP contribution in [-0.4, -0.2) is 45.8 Å². The smallest absolute Gasteiger partial charge is 0.255 e. The monoisotopic (exact) mass is 498 g/mol. The van der Waals surface area contributed by atoms with Crippen LogP contribution >= 0.6 is 11.3 Å². The summed E-state index contributed by atoms with van der Waals surface area (Å²) in [4.78, 5) is 17.6. The molecule has 0 bridgehead atoms. The van der Waals surface area contributed by atoms with Gasteiger partial charge in [-0.2, -0.15) is 4.31 Å². The lowest BCUT2D eigenvalue weighted by molar-refractivity contribution is 0.102. The molecule has 0 radical (unpaired) electrons.